The van der Waals surface area contributed by atoms with Crippen LogP contribution in [0.1, 0.15) is 18.5 Å². The molecule has 0 saturated heterocycles. The van der Waals surface area contributed by atoms with E-state index in [0.717, 1.165) is 11.3 Å². The maximum Gasteiger partial charge on any atom is 0.322 e. The fourth-order valence-corrected chi connectivity index (χ4v) is 1.60. The molecule has 0 aromatic heterocycles. The summed E-state index contributed by atoms with van der Waals surface area (Å²) in [5.41, 5.74) is 0.752. The monoisotopic (exact) mass is 303 g/mol. The van der Waals surface area contributed by atoms with Crippen LogP contribution in [0.4, 0.5) is 0 Å². The van der Waals surface area contributed by atoms with Crippen molar-refractivity contribution in [3.8, 4) is 11.8 Å². The van der Waals surface area contributed by atoms with E-state index < -0.39 is 18.4 Å². The van der Waals surface area contributed by atoms with Gasteiger partial charge in [-0.1, -0.05) is 12.1 Å². The molecular weight excluding hydrogens is 286 g/mol. The largest absolute Gasteiger partial charge is 0.497 e. The van der Waals surface area contributed by atoms with Crippen molar-refractivity contribution in [3.05, 3.63) is 41.6 Å². The number of carboxylic acid groups (broad SMARTS) is 1. The number of nitrogens with zero attached hydrogens (tertiary/aromatic N) is 1. The molecule has 7 nitrogen and oxygen atoms in total. The second-order valence-electron chi connectivity index (χ2n) is 4.41. The van der Waals surface area contributed by atoms with E-state index in [-0.39, 0.29) is 11.6 Å². The number of benzene rings is 1. The van der Waals surface area contributed by atoms with Crippen molar-refractivity contribution in [2.45, 2.75) is 13.0 Å². The Hall–Kier alpha value is -3.01. The van der Waals surface area contributed by atoms with E-state index in [1.807, 2.05) is 31.2 Å². The van der Waals surface area contributed by atoms with Crippen LogP contribution in [0.2, 0.25) is 0 Å². The van der Waals surface area contributed by atoms with Crippen molar-refractivity contribution in [2.75, 3.05) is 13.7 Å². The minimum absolute atomic E-state index is 0.137. The Balaban J connectivity index is 2.68. The molecule has 0 bridgehead atoms. The van der Waals surface area contributed by atoms with Crippen LogP contribution < -0.4 is 15.4 Å². The number of nitrogens with one attached hydrogen (secondary N) is 2. The van der Waals surface area contributed by atoms with Gasteiger partial charge in [0.2, 0.25) is 0 Å². The number of hydrogen-bond donors (Lipinski definition) is 3. The average Bonchev–Trinajstić information content (AvgIpc) is 2.53. The SMILES string of the molecule is COc1ccc(C(C)N/C=C(/C#N)C(=O)NCC(=O)O)cc1. The van der Waals surface area contributed by atoms with Crippen LogP contribution in [0.5, 0.6) is 5.75 Å². The molecule has 0 heterocycles. The van der Waals surface area contributed by atoms with Gasteiger partial charge in [-0.25, -0.2) is 0 Å². The minimum atomic E-state index is -1.18. The molecule has 0 aliphatic heterocycles. The Morgan fingerprint density at radius 2 is 2.05 bits per heavy atom. The Bertz CT molecular complexity index is 602. The second kappa shape index (κ2) is 8.32. The van der Waals surface area contributed by atoms with Gasteiger partial charge in [-0.2, -0.15) is 5.26 Å². The highest BCUT2D eigenvalue weighted by Crippen LogP contribution is 2.17. The Kier molecular flexibility index (Phi) is 6.44. The summed E-state index contributed by atoms with van der Waals surface area (Å²) in [6.45, 7) is 1.33. The van der Waals surface area contributed by atoms with E-state index >= 15 is 0 Å². The molecule has 1 aromatic rings. The van der Waals surface area contributed by atoms with Crippen molar-refractivity contribution in [1.29, 1.82) is 5.26 Å². The zero-order valence-corrected chi connectivity index (χ0v) is 12.3. The molecule has 0 spiro atoms. The lowest BCUT2D eigenvalue weighted by Gasteiger charge is -2.13. The van der Waals surface area contributed by atoms with Gasteiger partial charge >= 0.3 is 5.97 Å². The first-order valence-electron chi connectivity index (χ1n) is 6.48. The number of hydrogen-bond acceptors (Lipinski definition) is 5. The van der Waals surface area contributed by atoms with Crippen molar-refractivity contribution in [2.24, 2.45) is 0 Å². The minimum Gasteiger partial charge on any atom is -0.497 e. The van der Waals surface area contributed by atoms with E-state index in [4.69, 9.17) is 15.1 Å². The standard InChI is InChI=1S/C15H17N3O4/c1-10(11-3-5-13(22-2)6-4-11)17-8-12(7-16)15(21)18-9-14(19)20/h3-6,8,10,17H,9H2,1-2H3,(H,18,21)(H,19,20)/b12-8-. The van der Waals surface area contributed by atoms with Gasteiger partial charge in [0.15, 0.2) is 0 Å². The van der Waals surface area contributed by atoms with Gasteiger partial charge in [-0.15, -0.1) is 0 Å². The molecule has 0 saturated carbocycles. The van der Waals surface area contributed by atoms with Crippen LogP contribution in [0.3, 0.4) is 0 Å². The van der Waals surface area contributed by atoms with Crippen LogP contribution in [-0.4, -0.2) is 30.6 Å². The number of amides is 1. The van der Waals surface area contributed by atoms with E-state index in [9.17, 15) is 9.59 Å². The highest BCUT2D eigenvalue weighted by atomic mass is 16.5. The molecule has 0 aliphatic rings. The third-order valence-electron chi connectivity index (χ3n) is 2.86. The van der Waals surface area contributed by atoms with Gasteiger partial charge in [0.25, 0.3) is 5.91 Å². The summed E-state index contributed by atoms with van der Waals surface area (Å²) in [4.78, 5) is 22.0. The number of aliphatic carboxylic acids is 1. The lowest BCUT2D eigenvalue weighted by molar-refractivity contribution is -0.137. The normalized spacial score (nSPS) is 12.0. The molecule has 0 aliphatic carbocycles. The summed E-state index contributed by atoms with van der Waals surface area (Å²) in [5, 5.41) is 22.5. The van der Waals surface area contributed by atoms with E-state index in [2.05, 4.69) is 10.6 Å². The maximum absolute atomic E-state index is 11.6. The molecule has 0 radical (unpaired) electrons. The summed E-state index contributed by atoms with van der Waals surface area (Å²) in [6, 6.07) is 8.93. The molecule has 1 aromatic carbocycles. The maximum atomic E-state index is 11.6. The first-order valence-corrected chi connectivity index (χ1v) is 6.48. The fraction of sp³-hybridized carbons (Fsp3) is 0.267. The second-order valence-corrected chi connectivity index (χ2v) is 4.41. The van der Waals surface area contributed by atoms with Gasteiger partial charge in [0, 0.05) is 12.2 Å². The van der Waals surface area contributed by atoms with E-state index in [0.29, 0.717) is 0 Å². The zero-order valence-electron chi connectivity index (χ0n) is 12.3. The molecule has 1 rings (SSSR count). The van der Waals surface area contributed by atoms with E-state index in [1.165, 1.54) is 6.20 Å². The lowest BCUT2D eigenvalue weighted by Crippen LogP contribution is -2.30. The summed E-state index contributed by atoms with van der Waals surface area (Å²) in [6.07, 6.45) is 1.27. The molecule has 3 N–H and O–H groups in total. The Labute approximate surface area is 128 Å². The van der Waals surface area contributed by atoms with Crippen LogP contribution in [-0.2, 0) is 9.59 Å². The third kappa shape index (κ3) is 5.17. The Morgan fingerprint density at radius 3 is 2.55 bits per heavy atom. The van der Waals surface area contributed by atoms with Crippen LogP contribution in [0.15, 0.2) is 36.0 Å². The predicted molar refractivity (Wildman–Crippen MR) is 78.9 cm³/mol. The molecule has 22 heavy (non-hydrogen) atoms. The topological polar surface area (TPSA) is 111 Å². The molecule has 1 atom stereocenters. The van der Waals surface area contributed by atoms with Crippen LogP contribution in [0, 0.1) is 11.3 Å². The van der Waals surface area contributed by atoms with Crippen molar-refractivity contribution in [1.82, 2.24) is 10.6 Å². The number of carboxylic acids is 1. The third-order valence-corrected chi connectivity index (χ3v) is 2.86. The molecule has 1 amide bonds. The lowest BCUT2D eigenvalue weighted by atomic mass is 10.1. The van der Waals surface area contributed by atoms with Gasteiger partial charge in [-0.3, -0.25) is 9.59 Å². The molecule has 7 heteroatoms. The number of carbonyl (C=O) groups excluding carboxylic acids is 1. The smallest absolute Gasteiger partial charge is 0.322 e. The fourth-order valence-electron chi connectivity index (χ4n) is 1.60. The van der Waals surface area contributed by atoms with Crippen molar-refractivity contribution in [3.63, 3.8) is 0 Å². The molecule has 116 valence electrons. The van der Waals surface area contributed by atoms with Crippen molar-refractivity contribution < 1.29 is 19.4 Å². The molecule has 1 unspecified atom stereocenters. The first kappa shape index (κ1) is 17.0. The highest BCUT2D eigenvalue weighted by Gasteiger charge is 2.11. The van der Waals surface area contributed by atoms with E-state index in [1.54, 1.807) is 13.2 Å². The number of ether oxygens (including phenoxy) is 1. The summed E-state index contributed by atoms with van der Waals surface area (Å²) < 4.78 is 5.07. The van der Waals surface area contributed by atoms with Crippen LogP contribution >= 0.6 is 0 Å². The molecular formula is C15H17N3O4. The van der Waals surface area contributed by atoms with Gasteiger partial charge in [0.05, 0.1) is 7.11 Å². The summed E-state index contributed by atoms with van der Waals surface area (Å²) in [5.74, 6) is -1.18. The first-order chi connectivity index (χ1) is 10.5. The summed E-state index contributed by atoms with van der Waals surface area (Å²) >= 11 is 0. The number of rotatable bonds is 7. The van der Waals surface area contributed by atoms with Gasteiger partial charge in [0.1, 0.15) is 23.9 Å². The quantitative estimate of drug-likeness (QED) is 0.511. The number of carbonyl (C=O) groups is 2. The summed E-state index contributed by atoms with van der Waals surface area (Å²) in [7, 11) is 1.58. The highest BCUT2D eigenvalue weighted by molar-refractivity contribution is 5.98. The van der Waals surface area contributed by atoms with Crippen LogP contribution in [0.25, 0.3) is 0 Å². The average molecular weight is 303 g/mol. The van der Waals surface area contributed by atoms with Gasteiger partial charge < -0.3 is 20.5 Å². The van der Waals surface area contributed by atoms with Gasteiger partial charge in [-0.05, 0) is 24.6 Å². The zero-order chi connectivity index (χ0) is 16.5. The van der Waals surface area contributed by atoms with Crippen molar-refractivity contribution >= 4 is 11.9 Å². The number of nitriles is 1. The Morgan fingerprint density at radius 1 is 1.41 bits per heavy atom. The molecule has 0 fully saturated rings. The predicted octanol–water partition coefficient (Wildman–Crippen LogP) is 0.954. The number of methoxy groups -OCH3 is 1.